The summed E-state index contributed by atoms with van der Waals surface area (Å²) in [6, 6.07) is -0.826. The number of unbranched alkanes of at least 4 members (excludes halogenated alkanes) is 47. The van der Waals surface area contributed by atoms with E-state index in [2.05, 4.69) is 43.5 Å². The molecule has 1 aliphatic rings. The minimum Gasteiger partial charge on any atom is -0.394 e. The molecule has 0 aromatic rings. The first-order valence-corrected chi connectivity index (χ1v) is 34.7. The van der Waals surface area contributed by atoms with E-state index in [-0.39, 0.29) is 12.5 Å². The molecule has 0 aromatic carbocycles. The molecule has 9 heteroatoms. The number of allylic oxidation sites excluding steroid dienone is 5. The van der Waals surface area contributed by atoms with Crippen LogP contribution in [0.25, 0.3) is 0 Å². The zero-order chi connectivity index (χ0) is 57.2. The average molecular weight is 1120 g/mol. The van der Waals surface area contributed by atoms with Gasteiger partial charge in [-0.3, -0.25) is 4.79 Å². The van der Waals surface area contributed by atoms with Crippen LogP contribution in [0.3, 0.4) is 0 Å². The van der Waals surface area contributed by atoms with E-state index in [1.54, 1.807) is 6.08 Å². The van der Waals surface area contributed by atoms with Crippen LogP contribution in [0.5, 0.6) is 0 Å². The Morgan fingerprint density at radius 1 is 0.418 bits per heavy atom. The van der Waals surface area contributed by atoms with Crippen molar-refractivity contribution in [1.29, 1.82) is 0 Å². The standard InChI is InChI=1S/C70H133NO8/c1-3-5-7-9-11-13-15-17-19-20-21-22-23-24-25-26-27-28-29-30-31-32-33-34-35-36-37-38-39-40-41-42-43-44-46-48-50-52-54-56-58-60-66(74)71-63(62-78-70-69(77)68(76)67(75)65(61-72)79-70)64(73)59-57-55-53-51-49-47-45-18-16-14-12-10-8-6-4-2/h16,18,49,51,57,59,63-65,67-70,72-73,75-77H,3-15,17,19-48,50,52-56,58,60-62H2,1-2H3,(H,71,74)/b18-16+,51-49+,59-57+. The van der Waals surface area contributed by atoms with Gasteiger partial charge in [0.05, 0.1) is 25.4 Å². The maximum atomic E-state index is 13.1. The van der Waals surface area contributed by atoms with E-state index in [1.165, 1.54) is 276 Å². The van der Waals surface area contributed by atoms with Crippen LogP contribution >= 0.6 is 0 Å². The third kappa shape index (κ3) is 48.5. The Balaban J connectivity index is 2.01. The number of aliphatic hydroxyl groups excluding tert-OH is 5. The van der Waals surface area contributed by atoms with Gasteiger partial charge in [-0.2, -0.15) is 0 Å². The Morgan fingerprint density at radius 2 is 0.722 bits per heavy atom. The van der Waals surface area contributed by atoms with Gasteiger partial charge in [0.1, 0.15) is 24.4 Å². The van der Waals surface area contributed by atoms with Crippen molar-refractivity contribution >= 4 is 5.91 Å². The van der Waals surface area contributed by atoms with Gasteiger partial charge in [0.25, 0.3) is 0 Å². The summed E-state index contributed by atoms with van der Waals surface area (Å²) in [4.78, 5) is 13.1. The molecule has 1 rings (SSSR count). The van der Waals surface area contributed by atoms with Gasteiger partial charge in [-0.1, -0.05) is 333 Å². The maximum absolute atomic E-state index is 13.1. The molecule has 0 aliphatic carbocycles. The van der Waals surface area contributed by atoms with Gasteiger partial charge in [0.2, 0.25) is 5.91 Å². The van der Waals surface area contributed by atoms with E-state index in [0.717, 1.165) is 51.4 Å². The van der Waals surface area contributed by atoms with Crippen LogP contribution < -0.4 is 5.32 Å². The number of nitrogens with one attached hydrogen (secondary N) is 1. The van der Waals surface area contributed by atoms with Crippen molar-refractivity contribution in [3.8, 4) is 0 Å². The fraction of sp³-hybridized carbons (Fsp3) is 0.900. The predicted molar refractivity (Wildman–Crippen MR) is 337 cm³/mol. The van der Waals surface area contributed by atoms with E-state index in [1.807, 2.05) is 6.08 Å². The fourth-order valence-electron chi connectivity index (χ4n) is 11.3. The molecule has 7 unspecified atom stereocenters. The molecule has 1 amide bonds. The molecular weight excluding hydrogens is 983 g/mol. The highest BCUT2D eigenvalue weighted by molar-refractivity contribution is 5.76. The van der Waals surface area contributed by atoms with Crippen LogP contribution in [0, 0.1) is 0 Å². The first kappa shape index (κ1) is 75.4. The van der Waals surface area contributed by atoms with Crippen LogP contribution in [0.2, 0.25) is 0 Å². The van der Waals surface area contributed by atoms with Crippen molar-refractivity contribution in [2.45, 2.75) is 391 Å². The van der Waals surface area contributed by atoms with E-state index < -0.39 is 49.5 Å². The lowest BCUT2D eigenvalue weighted by Crippen LogP contribution is -2.60. The van der Waals surface area contributed by atoms with Gasteiger partial charge in [0.15, 0.2) is 6.29 Å². The van der Waals surface area contributed by atoms with Crippen molar-refractivity contribution in [2.24, 2.45) is 0 Å². The molecule has 1 heterocycles. The lowest BCUT2D eigenvalue weighted by atomic mass is 9.99. The molecular formula is C70H133NO8. The molecule has 1 fully saturated rings. The summed E-state index contributed by atoms with van der Waals surface area (Å²) in [6.45, 7) is 3.78. The van der Waals surface area contributed by atoms with Gasteiger partial charge in [-0.25, -0.2) is 0 Å². The van der Waals surface area contributed by atoms with E-state index in [4.69, 9.17) is 9.47 Å². The molecule has 0 spiro atoms. The number of hydrogen-bond donors (Lipinski definition) is 6. The summed E-state index contributed by atoms with van der Waals surface area (Å²) in [5.41, 5.74) is 0. The number of amides is 1. The summed E-state index contributed by atoms with van der Waals surface area (Å²) >= 11 is 0. The zero-order valence-corrected chi connectivity index (χ0v) is 52.2. The summed E-state index contributed by atoms with van der Waals surface area (Å²) in [7, 11) is 0. The smallest absolute Gasteiger partial charge is 0.220 e. The highest BCUT2D eigenvalue weighted by Gasteiger charge is 2.44. The number of carbonyl (C=O) groups is 1. The Hall–Kier alpha value is -1.59. The Bertz CT molecular complexity index is 1340. The lowest BCUT2D eigenvalue weighted by molar-refractivity contribution is -0.302. The van der Waals surface area contributed by atoms with Gasteiger partial charge in [-0.15, -0.1) is 0 Å². The Kier molecular flexibility index (Phi) is 56.9. The predicted octanol–water partition coefficient (Wildman–Crippen LogP) is 18.6. The number of carbonyl (C=O) groups excluding carboxylic acids is 1. The second-order valence-corrected chi connectivity index (χ2v) is 24.3. The summed E-state index contributed by atoms with van der Waals surface area (Å²) in [5.74, 6) is -0.185. The molecule has 0 saturated carbocycles. The highest BCUT2D eigenvalue weighted by atomic mass is 16.7. The molecule has 6 N–H and O–H groups in total. The number of rotatable bonds is 61. The van der Waals surface area contributed by atoms with Crippen LogP contribution in [0.1, 0.15) is 348 Å². The van der Waals surface area contributed by atoms with Crippen molar-refractivity contribution in [3.63, 3.8) is 0 Å². The third-order valence-corrected chi connectivity index (χ3v) is 16.7. The number of aliphatic hydroxyl groups is 5. The molecule has 9 nitrogen and oxygen atoms in total. The molecule has 466 valence electrons. The van der Waals surface area contributed by atoms with Crippen LogP contribution in [-0.4, -0.2) is 87.5 Å². The highest BCUT2D eigenvalue weighted by Crippen LogP contribution is 2.23. The minimum atomic E-state index is -1.57. The van der Waals surface area contributed by atoms with Crippen molar-refractivity contribution in [2.75, 3.05) is 13.2 Å². The van der Waals surface area contributed by atoms with Crippen LogP contribution in [0.4, 0.5) is 0 Å². The first-order valence-electron chi connectivity index (χ1n) is 34.7. The van der Waals surface area contributed by atoms with Crippen molar-refractivity contribution in [1.82, 2.24) is 5.32 Å². The Labute approximate surface area is 489 Å². The monoisotopic (exact) mass is 1120 g/mol. The third-order valence-electron chi connectivity index (χ3n) is 16.7. The SMILES string of the molecule is CCCCCCC/C=C/CC/C=C/CC/C=C/C(O)C(COC1OC(CO)C(O)C(O)C1O)NC(=O)CCCCCCCCCCCCCCCCCCCCCCCCCCCCCCCCCCCCCCCCCCC. The molecule has 7 atom stereocenters. The lowest BCUT2D eigenvalue weighted by Gasteiger charge is -2.40. The second kappa shape index (κ2) is 59.6. The van der Waals surface area contributed by atoms with Gasteiger partial charge in [0, 0.05) is 6.42 Å². The topological polar surface area (TPSA) is 149 Å². The second-order valence-electron chi connectivity index (χ2n) is 24.3. The number of hydrogen-bond acceptors (Lipinski definition) is 8. The summed E-state index contributed by atoms with van der Waals surface area (Å²) in [6.07, 6.45) is 72.9. The molecule has 0 aromatic heterocycles. The largest absolute Gasteiger partial charge is 0.394 e. The van der Waals surface area contributed by atoms with Crippen LogP contribution in [-0.2, 0) is 14.3 Å². The molecule has 79 heavy (non-hydrogen) atoms. The van der Waals surface area contributed by atoms with E-state index in [9.17, 15) is 30.3 Å². The average Bonchev–Trinajstić information content (AvgIpc) is 3.47. The van der Waals surface area contributed by atoms with E-state index >= 15 is 0 Å². The quantitative estimate of drug-likeness (QED) is 0.0261. The number of ether oxygens (including phenoxy) is 2. The first-order chi connectivity index (χ1) is 38.8. The van der Waals surface area contributed by atoms with Crippen molar-refractivity contribution in [3.05, 3.63) is 36.5 Å². The van der Waals surface area contributed by atoms with Gasteiger partial charge in [-0.05, 0) is 44.9 Å². The van der Waals surface area contributed by atoms with Crippen LogP contribution in [0.15, 0.2) is 36.5 Å². The summed E-state index contributed by atoms with van der Waals surface area (Å²) in [5, 5.41) is 54.5. The van der Waals surface area contributed by atoms with Gasteiger partial charge < -0.3 is 40.3 Å². The van der Waals surface area contributed by atoms with Crippen molar-refractivity contribution < 1.29 is 39.8 Å². The normalized spacial score (nSPS) is 18.7. The summed E-state index contributed by atoms with van der Waals surface area (Å²) < 4.78 is 11.3. The molecule has 0 radical (unpaired) electrons. The molecule has 0 bridgehead atoms. The zero-order valence-electron chi connectivity index (χ0n) is 52.2. The Morgan fingerprint density at radius 3 is 1.06 bits per heavy atom. The molecule has 1 saturated heterocycles. The minimum absolute atomic E-state index is 0.185. The van der Waals surface area contributed by atoms with E-state index in [0.29, 0.717) is 6.42 Å². The maximum Gasteiger partial charge on any atom is 0.220 e. The molecule has 1 aliphatic heterocycles. The van der Waals surface area contributed by atoms with Gasteiger partial charge >= 0.3 is 0 Å². The fourth-order valence-corrected chi connectivity index (χ4v) is 11.3.